The fourth-order valence-electron chi connectivity index (χ4n) is 4.15. The molecule has 14 heteroatoms. The highest BCUT2D eigenvalue weighted by Gasteiger charge is 2.45. The molecule has 1 aliphatic rings. The SMILES string of the molecule is CC(C)C[C@H](NP(=O)(O)O[C@@H]1OC(C)[C@H](O)[C@H](O)C1O)C(=O)N[C@@H](Cc1c[nH]c2ccccc12)C(=O)O. The molecule has 1 saturated heterocycles. The molecule has 206 valence electrons. The number of benzene rings is 1. The van der Waals surface area contributed by atoms with Crippen LogP contribution < -0.4 is 10.4 Å². The summed E-state index contributed by atoms with van der Waals surface area (Å²) in [5, 5.41) is 45.0. The van der Waals surface area contributed by atoms with Gasteiger partial charge in [-0.05, 0) is 30.9 Å². The lowest BCUT2D eigenvalue weighted by atomic mass is 10.0. The molecule has 1 amide bonds. The number of fused-ring (bicyclic) bond motifs is 1. The Morgan fingerprint density at radius 1 is 1.14 bits per heavy atom. The second-order valence-corrected chi connectivity index (χ2v) is 11.1. The van der Waals surface area contributed by atoms with E-state index in [9.17, 15) is 39.5 Å². The van der Waals surface area contributed by atoms with Gasteiger partial charge in [-0.3, -0.25) is 9.32 Å². The van der Waals surface area contributed by atoms with Crippen molar-refractivity contribution >= 4 is 30.5 Å². The number of nitrogens with one attached hydrogen (secondary N) is 3. The van der Waals surface area contributed by atoms with Gasteiger partial charge in [0, 0.05) is 23.5 Å². The van der Waals surface area contributed by atoms with Crippen molar-refractivity contribution in [3.05, 3.63) is 36.0 Å². The highest BCUT2D eigenvalue weighted by Crippen LogP contribution is 2.42. The van der Waals surface area contributed by atoms with Crippen molar-refractivity contribution < 1.29 is 48.7 Å². The molecule has 0 aliphatic carbocycles. The fourth-order valence-corrected chi connectivity index (χ4v) is 5.28. The molecule has 0 spiro atoms. The third-order valence-electron chi connectivity index (χ3n) is 6.11. The summed E-state index contributed by atoms with van der Waals surface area (Å²) in [6.07, 6.45) is -6.08. The van der Waals surface area contributed by atoms with Crippen LogP contribution in [0.1, 0.15) is 32.8 Å². The summed E-state index contributed by atoms with van der Waals surface area (Å²) in [6, 6.07) is 4.63. The molecule has 1 fully saturated rings. The molecule has 3 rings (SSSR count). The van der Waals surface area contributed by atoms with Gasteiger partial charge in [0.05, 0.1) is 12.1 Å². The first-order chi connectivity index (χ1) is 17.3. The predicted molar refractivity (Wildman–Crippen MR) is 131 cm³/mol. The lowest BCUT2D eigenvalue weighted by Crippen LogP contribution is -2.57. The van der Waals surface area contributed by atoms with E-state index in [1.54, 1.807) is 20.0 Å². The van der Waals surface area contributed by atoms with E-state index in [1.807, 2.05) is 24.3 Å². The fraction of sp³-hybridized carbons (Fsp3) is 0.565. The van der Waals surface area contributed by atoms with Gasteiger partial charge >= 0.3 is 13.7 Å². The zero-order valence-corrected chi connectivity index (χ0v) is 21.5. The van der Waals surface area contributed by atoms with Gasteiger partial charge in [-0.25, -0.2) is 14.4 Å². The second-order valence-electron chi connectivity index (χ2n) is 9.58. The van der Waals surface area contributed by atoms with Crippen LogP contribution in [-0.2, 0) is 29.8 Å². The maximum Gasteiger partial charge on any atom is 0.406 e. The number of carboxylic acid groups (broad SMARTS) is 1. The van der Waals surface area contributed by atoms with E-state index in [1.165, 1.54) is 6.92 Å². The molecule has 8 atom stereocenters. The maximum atomic E-state index is 13.1. The molecule has 1 aromatic heterocycles. The normalized spacial score (nSPS) is 27.5. The summed E-state index contributed by atoms with van der Waals surface area (Å²) in [6.45, 7) is 4.90. The van der Waals surface area contributed by atoms with Gasteiger partial charge in [-0.1, -0.05) is 32.0 Å². The Morgan fingerprint density at radius 2 is 1.81 bits per heavy atom. The number of aromatic nitrogens is 1. The monoisotopic (exact) mass is 543 g/mol. The molecule has 0 bridgehead atoms. The molecule has 2 aromatic rings. The van der Waals surface area contributed by atoms with Crippen LogP contribution in [0.3, 0.4) is 0 Å². The van der Waals surface area contributed by atoms with Crippen molar-refractivity contribution in [1.29, 1.82) is 0 Å². The number of ether oxygens (including phenoxy) is 1. The molecule has 3 unspecified atom stereocenters. The predicted octanol–water partition coefficient (Wildman–Crippen LogP) is 0.229. The molecular weight excluding hydrogens is 509 g/mol. The zero-order chi connectivity index (χ0) is 27.5. The minimum atomic E-state index is -4.83. The number of aliphatic hydroxyl groups is 3. The van der Waals surface area contributed by atoms with Gasteiger partial charge in [0.25, 0.3) is 0 Å². The number of aliphatic carboxylic acids is 1. The molecular formula is C23H34N3O10P. The molecule has 1 aromatic carbocycles. The van der Waals surface area contributed by atoms with Crippen LogP contribution in [-0.4, -0.2) is 85.0 Å². The second kappa shape index (κ2) is 12.0. The Morgan fingerprint density at radius 3 is 2.46 bits per heavy atom. The van der Waals surface area contributed by atoms with Crippen LogP contribution in [0.5, 0.6) is 0 Å². The van der Waals surface area contributed by atoms with E-state index < -0.39 is 62.4 Å². The highest BCUT2D eigenvalue weighted by molar-refractivity contribution is 7.50. The number of carbonyl (C=O) groups excluding carboxylic acids is 1. The number of hydrogen-bond donors (Lipinski definition) is 8. The summed E-state index contributed by atoms with van der Waals surface area (Å²) < 4.78 is 23.0. The van der Waals surface area contributed by atoms with Crippen molar-refractivity contribution in [1.82, 2.24) is 15.4 Å². The zero-order valence-electron chi connectivity index (χ0n) is 20.6. The molecule has 37 heavy (non-hydrogen) atoms. The third kappa shape index (κ3) is 7.37. The van der Waals surface area contributed by atoms with E-state index in [-0.39, 0.29) is 18.8 Å². The summed E-state index contributed by atoms with van der Waals surface area (Å²) in [4.78, 5) is 38.5. The lowest BCUT2D eigenvalue weighted by Gasteiger charge is -2.39. The molecule has 0 saturated carbocycles. The number of hydrogen-bond acceptors (Lipinski definition) is 8. The minimum Gasteiger partial charge on any atom is -0.480 e. The van der Waals surface area contributed by atoms with Crippen LogP contribution in [0.25, 0.3) is 10.9 Å². The van der Waals surface area contributed by atoms with Gasteiger partial charge in [0.15, 0.2) is 6.29 Å². The molecule has 2 heterocycles. The summed E-state index contributed by atoms with van der Waals surface area (Å²) in [5.74, 6) is -2.27. The average molecular weight is 544 g/mol. The number of carboxylic acids is 1. The Balaban J connectivity index is 1.72. The van der Waals surface area contributed by atoms with E-state index >= 15 is 0 Å². The molecule has 13 nitrogen and oxygen atoms in total. The standard InChI is InChI=1S/C23H34N3O10P/c1-11(2)8-16(26-37(33,34)36-23-20(29)19(28)18(27)12(3)35-23)21(30)25-17(22(31)32)9-13-10-24-15-7-5-4-6-14(13)15/h4-7,10-12,16-20,23-24,27-29H,8-9H2,1-3H3,(H,25,30)(H,31,32)(H2,26,33,34)/t12?,16-,17-,18-,19-,20?,23-/m0/s1. The summed E-state index contributed by atoms with van der Waals surface area (Å²) in [7, 11) is -4.83. The number of H-pyrrole nitrogens is 1. The lowest BCUT2D eigenvalue weighted by molar-refractivity contribution is -0.270. The van der Waals surface area contributed by atoms with Crippen LogP contribution in [0, 0.1) is 5.92 Å². The van der Waals surface area contributed by atoms with E-state index in [2.05, 4.69) is 15.4 Å². The number of amides is 1. The molecule has 0 radical (unpaired) electrons. The topological polar surface area (TPSA) is 211 Å². The number of para-hydroxylation sites is 1. The van der Waals surface area contributed by atoms with E-state index in [0.29, 0.717) is 5.56 Å². The smallest absolute Gasteiger partial charge is 0.406 e. The summed E-state index contributed by atoms with van der Waals surface area (Å²) >= 11 is 0. The van der Waals surface area contributed by atoms with Crippen molar-refractivity contribution in [2.45, 2.75) is 76.4 Å². The van der Waals surface area contributed by atoms with E-state index in [0.717, 1.165) is 10.9 Å². The first-order valence-electron chi connectivity index (χ1n) is 11.9. The van der Waals surface area contributed by atoms with Crippen molar-refractivity contribution in [3.63, 3.8) is 0 Å². The van der Waals surface area contributed by atoms with Gasteiger partial charge in [-0.2, -0.15) is 0 Å². The first kappa shape index (κ1) is 29.2. The largest absolute Gasteiger partial charge is 0.480 e. The van der Waals surface area contributed by atoms with Crippen LogP contribution in [0.15, 0.2) is 30.5 Å². The van der Waals surface area contributed by atoms with Crippen molar-refractivity contribution in [2.24, 2.45) is 5.92 Å². The number of rotatable bonds is 11. The maximum absolute atomic E-state index is 13.1. The van der Waals surface area contributed by atoms with E-state index in [4.69, 9.17) is 9.26 Å². The Kier molecular flexibility index (Phi) is 9.48. The van der Waals surface area contributed by atoms with Crippen LogP contribution >= 0.6 is 7.75 Å². The first-order valence-corrected chi connectivity index (χ1v) is 13.4. The van der Waals surface area contributed by atoms with Gasteiger partial charge < -0.3 is 40.4 Å². The Labute approximate surface area is 213 Å². The van der Waals surface area contributed by atoms with Crippen molar-refractivity contribution in [2.75, 3.05) is 0 Å². The van der Waals surface area contributed by atoms with Crippen LogP contribution in [0.2, 0.25) is 0 Å². The average Bonchev–Trinajstić information content (AvgIpc) is 3.22. The summed E-state index contributed by atoms with van der Waals surface area (Å²) in [5.41, 5.74) is 1.48. The minimum absolute atomic E-state index is 0.0347. The Hall–Kier alpha value is -2.35. The highest BCUT2D eigenvalue weighted by atomic mass is 31.2. The number of aromatic amines is 1. The number of aliphatic hydroxyl groups excluding tert-OH is 3. The quantitative estimate of drug-likeness (QED) is 0.180. The third-order valence-corrected chi connectivity index (χ3v) is 7.24. The van der Waals surface area contributed by atoms with Gasteiger partial charge in [0.1, 0.15) is 24.4 Å². The van der Waals surface area contributed by atoms with Crippen molar-refractivity contribution in [3.8, 4) is 0 Å². The molecule has 1 aliphatic heterocycles. The molecule has 8 N–H and O–H groups in total. The van der Waals surface area contributed by atoms with Crippen LogP contribution in [0.4, 0.5) is 0 Å². The Bertz CT molecular complexity index is 1140. The number of carbonyl (C=O) groups is 2. The van der Waals surface area contributed by atoms with Gasteiger partial charge in [0.2, 0.25) is 5.91 Å². The van der Waals surface area contributed by atoms with Gasteiger partial charge in [-0.15, -0.1) is 0 Å².